The Morgan fingerprint density at radius 2 is 1.52 bits per heavy atom. The first-order valence-electron chi connectivity index (χ1n) is 9.17. The van der Waals surface area contributed by atoms with Gasteiger partial charge in [-0.1, -0.05) is 30.3 Å². The zero-order valence-electron chi connectivity index (χ0n) is 15.5. The van der Waals surface area contributed by atoms with Crippen molar-refractivity contribution in [2.75, 3.05) is 6.61 Å². The van der Waals surface area contributed by atoms with Crippen molar-refractivity contribution in [2.24, 2.45) is 5.73 Å². The first-order chi connectivity index (χ1) is 13.5. The van der Waals surface area contributed by atoms with Gasteiger partial charge in [-0.2, -0.15) is 26.3 Å². The summed E-state index contributed by atoms with van der Waals surface area (Å²) in [6.45, 7) is -0.181. The third-order valence-electron chi connectivity index (χ3n) is 5.33. The van der Waals surface area contributed by atoms with Crippen LogP contribution in [0.4, 0.5) is 26.3 Å². The van der Waals surface area contributed by atoms with Gasteiger partial charge in [-0.25, -0.2) is 0 Å². The van der Waals surface area contributed by atoms with E-state index in [4.69, 9.17) is 10.5 Å². The van der Waals surface area contributed by atoms with Gasteiger partial charge in [0.1, 0.15) is 0 Å². The molecule has 0 aromatic heterocycles. The van der Waals surface area contributed by atoms with E-state index in [0.717, 1.165) is 18.4 Å². The van der Waals surface area contributed by atoms with Crippen LogP contribution in [0.5, 0.6) is 0 Å². The predicted molar refractivity (Wildman–Crippen MR) is 96.0 cm³/mol. The Morgan fingerprint density at radius 1 is 0.931 bits per heavy atom. The summed E-state index contributed by atoms with van der Waals surface area (Å²) in [5.41, 5.74) is 3.82. The molecular formula is C21H21F6NO. The Labute approximate surface area is 164 Å². The lowest BCUT2D eigenvalue weighted by Gasteiger charge is -2.30. The van der Waals surface area contributed by atoms with Gasteiger partial charge in [0.05, 0.1) is 24.3 Å². The number of ether oxygens (including phenoxy) is 1. The molecule has 29 heavy (non-hydrogen) atoms. The molecule has 2 aromatic carbocycles. The first kappa shape index (κ1) is 21.6. The summed E-state index contributed by atoms with van der Waals surface area (Å²) in [4.78, 5) is 0. The summed E-state index contributed by atoms with van der Waals surface area (Å²) in [5, 5.41) is 0. The molecule has 0 aliphatic heterocycles. The molecular weight excluding hydrogens is 396 g/mol. The summed E-state index contributed by atoms with van der Waals surface area (Å²) in [5.74, 6) is 0. The van der Waals surface area contributed by atoms with Gasteiger partial charge in [-0.15, -0.1) is 0 Å². The number of alkyl halides is 6. The molecule has 0 radical (unpaired) electrons. The van der Waals surface area contributed by atoms with Crippen molar-refractivity contribution in [1.29, 1.82) is 0 Å². The van der Waals surface area contributed by atoms with Gasteiger partial charge >= 0.3 is 12.4 Å². The van der Waals surface area contributed by atoms with Crippen LogP contribution >= 0.6 is 0 Å². The van der Waals surface area contributed by atoms with Crippen molar-refractivity contribution in [3.63, 3.8) is 0 Å². The number of benzene rings is 2. The second-order valence-corrected chi connectivity index (χ2v) is 7.56. The molecule has 3 rings (SSSR count). The van der Waals surface area contributed by atoms with Crippen molar-refractivity contribution in [3.8, 4) is 0 Å². The molecule has 2 aromatic rings. The van der Waals surface area contributed by atoms with E-state index in [1.54, 1.807) is 0 Å². The van der Waals surface area contributed by atoms with Crippen molar-refractivity contribution < 1.29 is 31.1 Å². The Bertz CT molecular complexity index is 801. The summed E-state index contributed by atoms with van der Waals surface area (Å²) in [6.07, 6.45) is -7.58. The van der Waals surface area contributed by atoms with Gasteiger partial charge in [0.15, 0.2) is 0 Å². The van der Waals surface area contributed by atoms with Crippen LogP contribution in [-0.2, 0) is 29.1 Å². The van der Waals surface area contributed by atoms with Crippen molar-refractivity contribution in [3.05, 3.63) is 70.8 Å². The predicted octanol–water partition coefficient (Wildman–Crippen LogP) is 5.69. The van der Waals surface area contributed by atoms with E-state index in [9.17, 15) is 26.3 Å². The van der Waals surface area contributed by atoms with Gasteiger partial charge in [0.25, 0.3) is 0 Å². The zero-order chi connectivity index (χ0) is 21.3. The minimum absolute atomic E-state index is 0.0239. The molecule has 0 saturated heterocycles. The van der Waals surface area contributed by atoms with Crippen LogP contribution < -0.4 is 5.73 Å². The van der Waals surface area contributed by atoms with E-state index < -0.39 is 28.9 Å². The molecule has 2 nitrogen and oxygen atoms in total. The molecule has 0 heterocycles. The molecule has 0 bridgehead atoms. The summed E-state index contributed by atoms with van der Waals surface area (Å²) in [7, 11) is 0. The summed E-state index contributed by atoms with van der Waals surface area (Å²) in [6, 6.07) is 11.0. The SMILES string of the molecule is N[C@@H]1CC[C@@](COCc2cc(C(F)(F)F)cc(C(F)(F)F)c2)(c2ccccc2)C1. The molecule has 1 saturated carbocycles. The Hall–Kier alpha value is -2.06. The van der Waals surface area contributed by atoms with Gasteiger partial charge in [0.2, 0.25) is 0 Å². The molecule has 2 atom stereocenters. The molecule has 158 valence electrons. The monoisotopic (exact) mass is 417 g/mol. The second kappa shape index (κ2) is 7.99. The highest BCUT2D eigenvalue weighted by atomic mass is 19.4. The average Bonchev–Trinajstić information content (AvgIpc) is 3.03. The lowest BCUT2D eigenvalue weighted by atomic mass is 9.79. The van der Waals surface area contributed by atoms with Gasteiger partial charge in [-0.3, -0.25) is 0 Å². The molecule has 0 amide bonds. The standard InChI is InChI=1S/C21H21F6NO/c22-20(23,24)16-8-14(9-17(10-16)21(25,26)27)12-29-13-19(7-6-18(28)11-19)15-4-2-1-3-5-15/h1-5,8-10,18H,6-7,11-13,28H2/t18-,19-/m1/s1. The normalized spacial score (nSPS) is 22.8. The zero-order valence-corrected chi connectivity index (χ0v) is 15.5. The maximum absolute atomic E-state index is 13.0. The van der Waals surface area contributed by atoms with Crippen LogP contribution in [0.1, 0.15) is 41.5 Å². The molecule has 1 fully saturated rings. The number of hydrogen-bond donors (Lipinski definition) is 1. The number of hydrogen-bond acceptors (Lipinski definition) is 2. The average molecular weight is 417 g/mol. The Kier molecular flexibility index (Phi) is 5.96. The molecule has 0 unspecified atom stereocenters. The van der Waals surface area contributed by atoms with Crippen LogP contribution in [0.2, 0.25) is 0 Å². The highest BCUT2D eigenvalue weighted by Gasteiger charge is 2.40. The molecule has 8 heteroatoms. The van der Waals surface area contributed by atoms with Gasteiger partial charge < -0.3 is 10.5 Å². The fourth-order valence-electron chi connectivity index (χ4n) is 3.90. The maximum Gasteiger partial charge on any atom is 0.416 e. The molecule has 0 spiro atoms. The Morgan fingerprint density at radius 3 is 2.00 bits per heavy atom. The third kappa shape index (κ3) is 5.11. The lowest BCUT2D eigenvalue weighted by molar-refractivity contribution is -0.143. The Balaban J connectivity index is 1.80. The van der Waals surface area contributed by atoms with E-state index in [0.29, 0.717) is 18.6 Å². The number of halogens is 6. The lowest BCUT2D eigenvalue weighted by Crippen LogP contribution is -2.31. The van der Waals surface area contributed by atoms with Gasteiger partial charge in [0, 0.05) is 11.5 Å². The van der Waals surface area contributed by atoms with E-state index >= 15 is 0 Å². The molecule has 1 aliphatic carbocycles. The topological polar surface area (TPSA) is 35.2 Å². The van der Waals surface area contributed by atoms with Crippen molar-refractivity contribution in [1.82, 2.24) is 0 Å². The van der Waals surface area contributed by atoms with E-state index in [2.05, 4.69) is 0 Å². The van der Waals surface area contributed by atoms with Crippen LogP contribution in [0, 0.1) is 0 Å². The van der Waals surface area contributed by atoms with E-state index in [-0.39, 0.29) is 30.9 Å². The van der Waals surface area contributed by atoms with Crippen LogP contribution in [0.3, 0.4) is 0 Å². The van der Waals surface area contributed by atoms with Crippen molar-refractivity contribution in [2.45, 2.75) is 49.7 Å². The highest BCUT2D eigenvalue weighted by Crippen LogP contribution is 2.41. The molecule has 2 N–H and O–H groups in total. The maximum atomic E-state index is 13.0. The van der Waals surface area contributed by atoms with Crippen LogP contribution in [-0.4, -0.2) is 12.6 Å². The second-order valence-electron chi connectivity index (χ2n) is 7.56. The highest BCUT2D eigenvalue weighted by molar-refractivity contribution is 5.33. The fraction of sp³-hybridized carbons (Fsp3) is 0.429. The largest absolute Gasteiger partial charge is 0.416 e. The van der Waals surface area contributed by atoms with Gasteiger partial charge in [-0.05, 0) is 48.6 Å². The quantitative estimate of drug-likeness (QED) is 0.635. The van der Waals surface area contributed by atoms with E-state index in [1.165, 1.54) is 0 Å². The number of nitrogens with two attached hydrogens (primary N) is 1. The smallest absolute Gasteiger partial charge is 0.376 e. The summed E-state index contributed by atoms with van der Waals surface area (Å²) >= 11 is 0. The van der Waals surface area contributed by atoms with Crippen LogP contribution in [0.15, 0.2) is 48.5 Å². The van der Waals surface area contributed by atoms with E-state index in [1.807, 2.05) is 30.3 Å². The fourth-order valence-corrected chi connectivity index (χ4v) is 3.90. The first-order valence-corrected chi connectivity index (χ1v) is 9.17. The summed E-state index contributed by atoms with van der Waals surface area (Å²) < 4.78 is 83.7. The van der Waals surface area contributed by atoms with Crippen molar-refractivity contribution >= 4 is 0 Å². The third-order valence-corrected chi connectivity index (χ3v) is 5.33. The number of rotatable bonds is 5. The van der Waals surface area contributed by atoms with Crippen LogP contribution in [0.25, 0.3) is 0 Å². The minimum atomic E-state index is -4.88. The minimum Gasteiger partial charge on any atom is -0.376 e. The molecule has 1 aliphatic rings.